The van der Waals surface area contributed by atoms with Crippen molar-refractivity contribution in [2.24, 2.45) is 0 Å². The molecule has 4 N–H and O–H groups in total. The maximum Gasteiger partial charge on any atom is 0.294 e. The fourth-order valence-electron chi connectivity index (χ4n) is 5.24. The number of benzene rings is 3. The van der Waals surface area contributed by atoms with Gasteiger partial charge >= 0.3 is 0 Å². The van der Waals surface area contributed by atoms with Gasteiger partial charge in [-0.3, -0.25) is 24.1 Å². The summed E-state index contributed by atoms with van der Waals surface area (Å²) in [5.41, 5.74) is 6.41. The standard InChI is InChI=1S/C28H29N5O3S.C7H8O3S/c1-19-10-15-37-27(19)28(36)29-25-16-20(17-32-11-13-33(14-12-32)26(35)18-34)6-7-21(25)8-9-24-22-4-2-3-5-23(22)30-31-24;1-6-2-4-7(5-3-6)11(8,9)10/h2-10,15-16,34H,11-14,17-18H2,1H3,(H,29,36)(H,30,31);2-5H,1H3,(H,8,9,10)/b9-8+;. The smallest absolute Gasteiger partial charge is 0.294 e. The molecule has 1 aliphatic rings. The quantitative estimate of drug-likeness (QED) is 0.162. The minimum atomic E-state index is -4.02. The fraction of sp³-hybridized carbons (Fsp3) is 0.229. The summed E-state index contributed by atoms with van der Waals surface area (Å²) in [4.78, 5) is 29.4. The minimum absolute atomic E-state index is 0.0666. The number of thiophene rings is 1. The van der Waals surface area contributed by atoms with E-state index in [-0.39, 0.29) is 16.7 Å². The monoisotopic (exact) mass is 687 g/mol. The molecule has 250 valence electrons. The molecule has 0 spiro atoms. The van der Waals surface area contributed by atoms with Crippen LogP contribution in [0.5, 0.6) is 0 Å². The largest absolute Gasteiger partial charge is 0.387 e. The summed E-state index contributed by atoms with van der Waals surface area (Å²) in [7, 11) is -4.02. The van der Waals surface area contributed by atoms with Crippen LogP contribution in [0.2, 0.25) is 0 Å². The Morgan fingerprint density at radius 2 is 1.71 bits per heavy atom. The predicted octanol–water partition coefficient (Wildman–Crippen LogP) is 5.23. The normalized spacial score (nSPS) is 13.8. The average molecular weight is 688 g/mol. The number of amides is 2. The highest BCUT2D eigenvalue weighted by atomic mass is 32.2. The van der Waals surface area contributed by atoms with E-state index < -0.39 is 16.7 Å². The van der Waals surface area contributed by atoms with Crippen LogP contribution in [0.4, 0.5) is 5.69 Å². The Morgan fingerprint density at radius 1 is 0.979 bits per heavy atom. The van der Waals surface area contributed by atoms with Crippen molar-refractivity contribution in [1.29, 1.82) is 0 Å². The number of piperazine rings is 1. The Morgan fingerprint density at radius 3 is 2.38 bits per heavy atom. The number of aliphatic hydroxyl groups excluding tert-OH is 1. The summed E-state index contributed by atoms with van der Waals surface area (Å²) in [5, 5.41) is 22.7. The van der Waals surface area contributed by atoms with E-state index in [9.17, 15) is 18.0 Å². The number of nitrogens with zero attached hydrogens (tertiary/aromatic N) is 3. The molecular formula is C35H37N5O6S2. The molecule has 1 saturated heterocycles. The SMILES string of the molecule is Cc1ccc(S(=O)(=O)O)cc1.Cc1ccsc1C(=O)Nc1cc(CN2CCN(C(=O)CO)CC2)ccc1/C=C/c1n[nH]c2ccccc12. The fourth-order valence-corrected chi connectivity index (χ4v) is 6.54. The van der Waals surface area contributed by atoms with Crippen LogP contribution >= 0.6 is 11.3 Å². The minimum Gasteiger partial charge on any atom is -0.387 e. The molecule has 6 rings (SSSR count). The number of para-hydroxylation sites is 1. The van der Waals surface area contributed by atoms with E-state index in [4.69, 9.17) is 9.66 Å². The molecule has 0 atom stereocenters. The van der Waals surface area contributed by atoms with Crippen molar-refractivity contribution in [2.75, 3.05) is 38.1 Å². The number of anilines is 1. The first-order chi connectivity index (χ1) is 23.0. The van der Waals surface area contributed by atoms with Gasteiger partial charge in [0.15, 0.2) is 0 Å². The first-order valence-corrected chi connectivity index (χ1v) is 17.6. The summed E-state index contributed by atoms with van der Waals surface area (Å²) >= 11 is 1.43. The lowest BCUT2D eigenvalue weighted by atomic mass is 10.1. The maximum atomic E-state index is 13.1. The molecule has 48 heavy (non-hydrogen) atoms. The van der Waals surface area contributed by atoms with Gasteiger partial charge in [-0.25, -0.2) is 0 Å². The molecule has 0 saturated carbocycles. The van der Waals surface area contributed by atoms with Gasteiger partial charge in [-0.05, 0) is 72.3 Å². The molecular weight excluding hydrogens is 651 g/mol. The number of aryl methyl sites for hydroxylation is 2. The molecule has 2 amide bonds. The Hall–Kier alpha value is -4.66. The zero-order valence-corrected chi connectivity index (χ0v) is 28.2. The maximum absolute atomic E-state index is 13.1. The number of fused-ring (bicyclic) bond motifs is 1. The molecule has 1 aliphatic heterocycles. The highest BCUT2D eigenvalue weighted by Gasteiger charge is 2.21. The summed E-state index contributed by atoms with van der Waals surface area (Å²) in [5.74, 6) is -0.352. The van der Waals surface area contributed by atoms with E-state index >= 15 is 0 Å². The van der Waals surface area contributed by atoms with Gasteiger partial charge in [-0.1, -0.05) is 54.1 Å². The second-order valence-electron chi connectivity index (χ2n) is 11.4. The lowest BCUT2D eigenvalue weighted by molar-refractivity contribution is -0.136. The number of rotatable bonds is 8. The van der Waals surface area contributed by atoms with Crippen LogP contribution in [0.25, 0.3) is 23.1 Å². The molecule has 0 bridgehead atoms. The molecule has 11 nitrogen and oxygen atoms in total. The zero-order valence-electron chi connectivity index (χ0n) is 26.6. The van der Waals surface area contributed by atoms with Crippen LogP contribution in [-0.4, -0.2) is 82.7 Å². The second-order valence-corrected chi connectivity index (χ2v) is 13.7. The Kier molecular flexibility index (Phi) is 11.2. The number of hydrogen-bond donors (Lipinski definition) is 4. The zero-order chi connectivity index (χ0) is 34.3. The van der Waals surface area contributed by atoms with Crippen LogP contribution < -0.4 is 5.32 Å². The highest BCUT2D eigenvalue weighted by molar-refractivity contribution is 7.85. The number of H-pyrrole nitrogens is 1. The average Bonchev–Trinajstić information content (AvgIpc) is 3.70. The van der Waals surface area contributed by atoms with E-state index in [1.165, 1.54) is 23.5 Å². The number of aromatic nitrogens is 2. The van der Waals surface area contributed by atoms with Crippen molar-refractivity contribution in [3.05, 3.63) is 111 Å². The van der Waals surface area contributed by atoms with Gasteiger partial charge in [0.05, 0.1) is 21.0 Å². The first kappa shape index (κ1) is 34.7. The summed E-state index contributed by atoms with van der Waals surface area (Å²) in [6.07, 6.45) is 3.93. The van der Waals surface area contributed by atoms with Crippen molar-refractivity contribution >= 4 is 62.0 Å². The van der Waals surface area contributed by atoms with Gasteiger partial charge in [-0.2, -0.15) is 13.5 Å². The van der Waals surface area contributed by atoms with Crippen molar-refractivity contribution in [1.82, 2.24) is 20.0 Å². The summed E-state index contributed by atoms with van der Waals surface area (Å²) in [6, 6.07) is 22.0. The lowest BCUT2D eigenvalue weighted by Gasteiger charge is -2.34. The molecule has 0 unspecified atom stereocenters. The van der Waals surface area contributed by atoms with E-state index in [1.807, 2.05) is 73.8 Å². The topological polar surface area (TPSA) is 156 Å². The highest BCUT2D eigenvalue weighted by Crippen LogP contribution is 2.26. The van der Waals surface area contributed by atoms with Crippen molar-refractivity contribution in [3.63, 3.8) is 0 Å². The molecule has 0 radical (unpaired) electrons. The third kappa shape index (κ3) is 8.82. The molecule has 13 heteroatoms. The number of hydrogen-bond acceptors (Lipinski definition) is 8. The van der Waals surface area contributed by atoms with Gasteiger partial charge in [0, 0.05) is 43.8 Å². The molecule has 3 heterocycles. The van der Waals surface area contributed by atoms with Crippen LogP contribution in [-0.2, 0) is 21.5 Å². The van der Waals surface area contributed by atoms with Gasteiger partial charge in [-0.15, -0.1) is 11.3 Å². The van der Waals surface area contributed by atoms with E-state index in [0.29, 0.717) is 24.5 Å². The van der Waals surface area contributed by atoms with E-state index in [1.54, 1.807) is 17.0 Å². The third-order valence-corrected chi connectivity index (χ3v) is 9.82. The van der Waals surface area contributed by atoms with Crippen molar-refractivity contribution < 1.29 is 27.7 Å². The predicted molar refractivity (Wildman–Crippen MR) is 188 cm³/mol. The number of aliphatic hydroxyl groups is 1. The van der Waals surface area contributed by atoms with Gasteiger partial charge in [0.25, 0.3) is 16.0 Å². The number of carbonyl (C=O) groups excluding carboxylic acids is 2. The van der Waals surface area contributed by atoms with Crippen LogP contribution in [0.3, 0.4) is 0 Å². The molecule has 3 aromatic carbocycles. The lowest BCUT2D eigenvalue weighted by Crippen LogP contribution is -2.49. The van der Waals surface area contributed by atoms with Crippen LogP contribution in [0, 0.1) is 13.8 Å². The Labute approximate surface area is 283 Å². The van der Waals surface area contributed by atoms with Crippen molar-refractivity contribution in [2.45, 2.75) is 25.3 Å². The third-order valence-electron chi connectivity index (χ3n) is 7.94. The van der Waals surface area contributed by atoms with Crippen LogP contribution in [0.1, 0.15) is 37.6 Å². The Balaban J connectivity index is 0.000000349. The Bertz CT molecular complexity index is 2030. The number of carbonyl (C=O) groups is 2. The summed E-state index contributed by atoms with van der Waals surface area (Å²) < 4.78 is 29.6. The van der Waals surface area contributed by atoms with Crippen molar-refractivity contribution in [3.8, 4) is 0 Å². The summed E-state index contributed by atoms with van der Waals surface area (Å²) in [6.45, 7) is 6.69. The molecule has 2 aromatic heterocycles. The van der Waals surface area contributed by atoms with Gasteiger partial charge < -0.3 is 15.3 Å². The second kappa shape index (κ2) is 15.5. The van der Waals surface area contributed by atoms with Gasteiger partial charge in [0.1, 0.15) is 6.61 Å². The molecule has 0 aliphatic carbocycles. The number of nitrogens with one attached hydrogen (secondary N) is 2. The van der Waals surface area contributed by atoms with Gasteiger partial charge in [0.2, 0.25) is 5.91 Å². The van der Waals surface area contributed by atoms with Crippen LogP contribution in [0.15, 0.2) is 83.1 Å². The van der Waals surface area contributed by atoms with E-state index in [2.05, 4.69) is 26.5 Å². The number of aromatic amines is 1. The molecule has 5 aromatic rings. The first-order valence-electron chi connectivity index (χ1n) is 15.3. The van der Waals surface area contributed by atoms with E-state index in [0.717, 1.165) is 57.6 Å². The molecule has 1 fully saturated rings.